The number of carbonyl (C=O) groups is 1. The van der Waals surface area contributed by atoms with Gasteiger partial charge in [-0.3, -0.25) is 9.48 Å². The highest BCUT2D eigenvalue weighted by molar-refractivity contribution is 5.79. The standard InChI is InChI=1S/C17H23N5O2/c1-13-12-21(8-9-24-13)16-5-4-15(10-18-16)11-19-17(23)14(2)22-7-3-6-20-22/h3-7,10,13-14H,8-9,11-12H2,1-2H3,(H,19,23)/t13-,14-/m1/s1. The number of rotatable bonds is 5. The average molecular weight is 329 g/mol. The van der Waals surface area contributed by atoms with Gasteiger partial charge < -0.3 is 15.0 Å². The summed E-state index contributed by atoms with van der Waals surface area (Å²) in [4.78, 5) is 18.9. The van der Waals surface area contributed by atoms with Crippen LogP contribution in [0.3, 0.4) is 0 Å². The molecule has 7 heteroatoms. The van der Waals surface area contributed by atoms with Gasteiger partial charge in [0.1, 0.15) is 11.9 Å². The minimum atomic E-state index is -0.331. The van der Waals surface area contributed by atoms with Crippen molar-refractivity contribution in [3.8, 4) is 0 Å². The van der Waals surface area contributed by atoms with Crippen molar-refractivity contribution in [3.05, 3.63) is 42.4 Å². The summed E-state index contributed by atoms with van der Waals surface area (Å²) in [6.07, 6.45) is 5.49. The lowest BCUT2D eigenvalue weighted by Crippen LogP contribution is -2.41. The van der Waals surface area contributed by atoms with E-state index >= 15 is 0 Å². The second-order valence-corrected chi connectivity index (χ2v) is 6.03. The average Bonchev–Trinajstić information content (AvgIpc) is 3.14. The minimum absolute atomic E-state index is 0.0650. The van der Waals surface area contributed by atoms with Gasteiger partial charge in [0.25, 0.3) is 0 Å². The van der Waals surface area contributed by atoms with Gasteiger partial charge in [0.15, 0.2) is 0 Å². The number of nitrogens with zero attached hydrogens (tertiary/aromatic N) is 4. The van der Waals surface area contributed by atoms with Crippen molar-refractivity contribution in [2.24, 2.45) is 0 Å². The maximum absolute atomic E-state index is 12.2. The van der Waals surface area contributed by atoms with Crippen molar-refractivity contribution in [1.82, 2.24) is 20.1 Å². The molecule has 0 aliphatic carbocycles. The highest BCUT2D eigenvalue weighted by Crippen LogP contribution is 2.15. The van der Waals surface area contributed by atoms with Gasteiger partial charge >= 0.3 is 0 Å². The summed E-state index contributed by atoms with van der Waals surface area (Å²) in [7, 11) is 0. The monoisotopic (exact) mass is 329 g/mol. The van der Waals surface area contributed by atoms with Crippen molar-refractivity contribution in [1.29, 1.82) is 0 Å². The molecule has 1 fully saturated rings. The zero-order valence-electron chi connectivity index (χ0n) is 14.1. The number of amides is 1. The van der Waals surface area contributed by atoms with Crippen LogP contribution in [0.1, 0.15) is 25.5 Å². The number of anilines is 1. The molecule has 128 valence electrons. The van der Waals surface area contributed by atoms with Crippen LogP contribution in [0, 0.1) is 0 Å². The SMILES string of the molecule is C[C@@H]1CN(c2ccc(CNC(=O)[C@@H](C)n3cccn3)cn2)CCO1. The van der Waals surface area contributed by atoms with Crippen molar-refractivity contribution >= 4 is 11.7 Å². The van der Waals surface area contributed by atoms with Crippen LogP contribution in [0.2, 0.25) is 0 Å². The molecule has 0 radical (unpaired) electrons. The molecule has 0 saturated carbocycles. The summed E-state index contributed by atoms with van der Waals surface area (Å²) in [6, 6.07) is 5.47. The number of nitrogens with one attached hydrogen (secondary N) is 1. The lowest BCUT2D eigenvalue weighted by atomic mass is 10.2. The van der Waals surface area contributed by atoms with E-state index in [2.05, 4.69) is 27.2 Å². The van der Waals surface area contributed by atoms with E-state index in [9.17, 15) is 4.79 Å². The van der Waals surface area contributed by atoms with E-state index in [-0.39, 0.29) is 18.1 Å². The Kier molecular flexibility index (Phi) is 5.10. The highest BCUT2D eigenvalue weighted by atomic mass is 16.5. The second-order valence-electron chi connectivity index (χ2n) is 6.03. The van der Waals surface area contributed by atoms with Crippen LogP contribution in [-0.2, 0) is 16.1 Å². The quantitative estimate of drug-likeness (QED) is 0.897. The Balaban J connectivity index is 1.53. The summed E-state index contributed by atoms with van der Waals surface area (Å²) < 4.78 is 7.18. The Morgan fingerprint density at radius 1 is 1.50 bits per heavy atom. The highest BCUT2D eigenvalue weighted by Gasteiger charge is 2.18. The van der Waals surface area contributed by atoms with E-state index in [1.54, 1.807) is 23.1 Å². The maximum atomic E-state index is 12.2. The smallest absolute Gasteiger partial charge is 0.244 e. The van der Waals surface area contributed by atoms with Crippen LogP contribution >= 0.6 is 0 Å². The summed E-state index contributed by atoms with van der Waals surface area (Å²) in [6.45, 7) is 6.78. The van der Waals surface area contributed by atoms with Crippen LogP contribution in [0.5, 0.6) is 0 Å². The largest absolute Gasteiger partial charge is 0.375 e. The maximum Gasteiger partial charge on any atom is 0.244 e. The Morgan fingerprint density at radius 3 is 3.04 bits per heavy atom. The van der Waals surface area contributed by atoms with Crippen LogP contribution in [-0.4, -0.2) is 46.5 Å². The molecule has 3 heterocycles. The van der Waals surface area contributed by atoms with Gasteiger partial charge in [0, 0.05) is 38.2 Å². The van der Waals surface area contributed by atoms with Crippen LogP contribution < -0.4 is 10.2 Å². The Hall–Kier alpha value is -2.41. The molecule has 1 aliphatic rings. The molecule has 3 rings (SSSR count). The lowest BCUT2D eigenvalue weighted by Gasteiger charge is -2.32. The zero-order chi connectivity index (χ0) is 16.9. The molecular weight excluding hydrogens is 306 g/mol. The summed E-state index contributed by atoms with van der Waals surface area (Å²) in [5.41, 5.74) is 0.973. The van der Waals surface area contributed by atoms with Crippen LogP contribution in [0.25, 0.3) is 0 Å². The van der Waals surface area contributed by atoms with Gasteiger partial charge in [0.2, 0.25) is 5.91 Å². The summed E-state index contributed by atoms with van der Waals surface area (Å²) in [5, 5.41) is 7.01. The third-order valence-corrected chi connectivity index (χ3v) is 4.14. The Morgan fingerprint density at radius 2 is 2.38 bits per heavy atom. The molecule has 1 amide bonds. The number of morpholine rings is 1. The Labute approximate surface area is 141 Å². The van der Waals surface area contributed by atoms with Crippen molar-refractivity contribution < 1.29 is 9.53 Å². The molecule has 7 nitrogen and oxygen atoms in total. The predicted molar refractivity (Wildman–Crippen MR) is 90.6 cm³/mol. The van der Waals surface area contributed by atoms with E-state index in [0.717, 1.165) is 31.1 Å². The van der Waals surface area contributed by atoms with Crippen molar-refractivity contribution in [3.63, 3.8) is 0 Å². The fourth-order valence-corrected chi connectivity index (χ4v) is 2.70. The van der Waals surface area contributed by atoms with Crippen LogP contribution in [0.15, 0.2) is 36.8 Å². The first-order valence-electron chi connectivity index (χ1n) is 8.22. The van der Waals surface area contributed by atoms with Crippen LogP contribution in [0.4, 0.5) is 5.82 Å². The number of carbonyl (C=O) groups excluding carboxylic acids is 1. The third-order valence-electron chi connectivity index (χ3n) is 4.14. The minimum Gasteiger partial charge on any atom is -0.375 e. The second kappa shape index (κ2) is 7.44. The molecule has 1 aliphatic heterocycles. The molecule has 0 unspecified atom stereocenters. The summed E-state index contributed by atoms with van der Waals surface area (Å²) >= 11 is 0. The van der Waals surface area contributed by atoms with Gasteiger partial charge in [0.05, 0.1) is 12.7 Å². The predicted octanol–water partition coefficient (Wildman–Crippen LogP) is 1.38. The van der Waals surface area contributed by atoms with E-state index in [0.29, 0.717) is 6.54 Å². The van der Waals surface area contributed by atoms with Gasteiger partial charge in [-0.15, -0.1) is 0 Å². The number of hydrogen-bond acceptors (Lipinski definition) is 5. The van der Waals surface area contributed by atoms with Crippen molar-refractivity contribution in [2.75, 3.05) is 24.6 Å². The number of ether oxygens (including phenoxy) is 1. The number of hydrogen-bond donors (Lipinski definition) is 1. The first-order chi connectivity index (χ1) is 11.6. The van der Waals surface area contributed by atoms with Gasteiger partial charge in [-0.25, -0.2) is 4.98 Å². The first-order valence-corrected chi connectivity index (χ1v) is 8.22. The molecule has 1 saturated heterocycles. The molecule has 0 spiro atoms. The third kappa shape index (κ3) is 3.91. The molecule has 0 aromatic carbocycles. The van der Waals surface area contributed by atoms with Crippen molar-refractivity contribution in [2.45, 2.75) is 32.5 Å². The number of aromatic nitrogens is 3. The first kappa shape index (κ1) is 16.4. The van der Waals surface area contributed by atoms with Gasteiger partial charge in [-0.05, 0) is 31.5 Å². The molecule has 2 aromatic rings. The van der Waals surface area contributed by atoms with Gasteiger partial charge in [-0.1, -0.05) is 6.07 Å². The van der Waals surface area contributed by atoms with Gasteiger partial charge in [-0.2, -0.15) is 5.10 Å². The fourth-order valence-electron chi connectivity index (χ4n) is 2.70. The molecule has 24 heavy (non-hydrogen) atoms. The van der Waals surface area contributed by atoms with E-state index in [1.165, 1.54) is 0 Å². The molecular formula is C17H23N5O2. The Bertz CT molecular complexity index is 656. The van der Waals surface area contributed by atoms with E-state index in [1.807, 2.05) is 25.3 Å². The topological polar surface area (TPSA) is 72.3 Å². The fraction of sp³-hybridized carbons (Fsp3) is 0.471. The molecule has 2 atom stereocenters. The van der Waals surface area contributed by atoms with E-state index < -0.39 is 0 Å². The molecule has 0 bridgehead atoms. The van der Waals surface area contributed by atoms with E-state index in [4.69, 9.17) is 4.74 Å². The number of pyridine rings is 1. The molecule has 1 N–H and O–H groups in total. The molecule has 2 aromatic heterocycles. The summed E-state index contributed by atoms with van der Waals surface area (Å²) in [5.74, 6) is 0.884. The normalized spacial score (nSPS) is 19.1. The lowest BCUT2D eigenvalue weighted by molar-refractivity contribution is -0.124. The zero-order valence-corrected chi connectivity index (χ0v) is 14.1.